The third-order valence-electron chi connectivity index (χ3n) is 1.45. The number of alkyl halides is 2. The molecule has 0 spiro atoms. The predicted octanol–water partition coefficient (Wildman–Crippen LogP) is 2.03. The van der Waals surface area contributed by atoms with Crippen LogP contribution in [0.5, 0.6) is 0 Å². The van der Waals surface area contributed by atoms with Crippen molar-refractivity contribution in [3.63, 3.8) is 0 Å². The van der Waals surface area contributed by atoms with E-state index in [9.17, 15) is 17.2 Å². The van der Waals surface area contributed by atoms with Crippen molar-refractivity contribution in [1.82, 2.24) is 4.98 Å². The van der Waals surface area contributed by atoms with Crippen LogP contribution in [-0.4, -0.2) is 13.4 Å². The molecule has 1 aromatic heterocycles. The van der Waals surface area contributed by atoms with Gasteiger partial charge in [-0.15, -0.1) is 0 Å². The minimum Gasteiger partial charge on any atom is -0.228 e. The molecule has 0 bridgehead atoms. The van der Waals surface area contributed by atoms with Gasteiger partial charge >= 0.3 is 0 Å². The molecule has 0 aliphatic rings. The van der Waals surface area contributed by atoms with E-state index in [1.807, 2.05) is 0 Å². The molecule has 1 aromatic rings. The van der Waals surface area contributed by atoms with Crippen LogP contribution in [0, 0.1) is 3.70 Å². The van der Waals surface area contributed by atoms with Crippen molar-refractivity contribution in [2.45, 2.75) is 11.5 Å². The quantitative estimate of drug-likeness (QED) is 0.596. The van der Waals surface area contributed by atoms with E-state index in [4.69, 9.17) is 5.14 Å². The highest BCUT2D eigenvalue weighted by molar-refractivity contribution is 14.1. The molecule has 2 N–H and O–H groups in total. The summed E-state index contributed by atoms with van der Waals surface area (Å²) >= 11 is 4.37. The van der Waals surface area contributed by atoms with Gasteiger partial charge in [0.25, 0.3) is 16.4 Å². The SMILES string of the molecule is NS(=O)(=O)c1cc(Br)c(C(F)F)c(I)n1. The summed E-state index contributed by atoms with van der Waals surface area (Å²) in [5, 5.41) is 4.38. The third-order valence-corrected chi connectivity index (χ3v) is 3.72. The smallest absolute Gasteiger partial charge is 0.228 e. The van der Waals surface area contributed by atoms with Gasteiger partial charge in [0.05, 0.1) is 5.56 Å². The van der Waals surface area contributed by atoms with Crippen LogP contribution in [0.2, 0.25) is 0 Å². The average molecular weight is 413 g/mol. The van der Waals surface area contributed by atoms with Crippen LogP contribution in [0.25, 0.3) is 0 Å². The van der Waals surface area contributed by atoms with Gasteiger partial charge in [0.15, 0.2) is 5.03 Å². The number of nitrogens with zero attached hydrogens (tertiary/aromatic N) is 1. The summed E-state index contributed by atoms with van der Waals surface area (Å²) in [7, 11) is -3.98. The minimum atomic E-state index is -3.98. The van der Waals surface area contributed by atoms with E-state index in [1.165, 1.54) is 22.6 Å². The minimum absolute atomic E-state index is 0.0269. The van der Waals surface area contributed by atoms with Crippen LogP contribution < -0.4 is 5.14 Å². The molecule has 0 unspecified atom stereocenters. The van der Waals surface area contributed by atoms with Gasteiger partial charge in [0.1, 0.15) is 3.70 Å². The fraction of sp³-hybridized carbons (Fsp3) is 0.167. The number of hydrogen-bond acceptors (Lipinski definition) is 3. The number of pyridine rings is 1. The summed E-state index contributed by atoms with van der Waals surface area (Å²) in [5.74, 6) is 0. The highest BCUT2D eigenvalue weighted by Gasteiger charge is 2.21. The number of primary sulfonamides is 1. The average Bonchev–Trinajstić information content (AvgIpc) is 1.99. The molecule has 0 saturated carbocycles. The van der Waals surface area contributed by atoms with Gasteiger partial charge < -0.3 is 0 Å². The van der Waals surface area contributed by atoms with Gasteiger partial charge in [-0.05, 0) is 28.7 Å². The van der Waals surface area contributed by atoms with Gasteiger partial charge in [0.2, 0.25) is 0 Å². The Morgan fingerprint density at radius 2 is 2.07 bits per heavy atom. The maximum absolute atomic E-state index is 12.5. The van der Waals surface area contributed by atoms with Crippen molar-refractivity contribution in [3.05, 3.63) is 19.8 Å². The molecule has 1 heterocycles. The molecule has 1 rings (SSSR count). The van der Waals surface area contributed by atoms with Crippen LogP contribution in [0.4, 0.5) is 8.78 Å². The first-order valence-corrected chi connectivity index (χ1v) is 6.82. The Kier molecular flexibility index (Phi) is 4.01. The summed E-state index contributed by atoms with van der Waals surface area (Å²) in [4.78, 5) is 3.49. The van der Waals surface area contributed by atoms with E-state index in [1.54, 1.807) is 0 Å². The first-order valence-electron chi connectivity index (χ1n) is 3.40. The number of hydrogen-bond donors (Lipinski definition) is 1. The Labute approximate surface area is 107 Å². The van der Waals surface area contributed by atoms with E-state index < -0.39 is 21.5 Å². The first kappa shape index (κ1) is 13.2. The van der Waals surface area contributed by atoms with Gasteiger partial charge in [-0.1, -0.05) is 15.9 Å². The molecule has 0 radical (unpaired) electrons. The van der Waals surface area contributed by atoms with Gasteiger partial charge in [-0.25, -0.2) is 27.3 Å². The van der Waals surface area contributed by atoms with Crippen molar-refractivity contribution in [1.29, 1.82) is 0 Å². The van der Waals surface area contributed by atoms with Crippen molar-refractivity contribution in [2.75, 3.05) is 0 Å². The standard InChI is InChI=1S/C6H4BrF2IN2O2S/c7-2-1-3(15(11,13)14)12-6(10)4(2)5(8)9/h1,5H,(H2,11,13,14). The second-order valence-corrected chi connectivity index (χ2v) is 5.88. The van der Waals surface area contributed by atoms with Gasteiger partial charge in [-0.3, -0.25) is 0 Å². The first-order chi connectivity index (χ1) is 6.73. The molecule has 0 aromatic carbocycles. The highest BCUT2D eigenvalue weighted by Crippen LogP contribution is 2.31. The monoisotopic (exact) mass is 412 g/mol. The zero-order valence-electron chi connectivity index (χ0n) is 6.92. The fourth-order valence-corrected chi connectivity index (χ4v) is 3.36. The normalized spacial score (nSPS) is 12.1. The van der Waals surface area contributed by atoms with E-state index in [-0.39, 0.29) is 13.7 Å². The Hall–Kier alpha value is 0.130. The lowest BCUT2D eigenvalue weighted by molar-refractivity contribution is 0.149. The summed E-state index contributed by atoms with van der Waals surface area (Å²) in [6, 6.07) is 0.957. The third kappa shape index (κ3) is 3.04. The molecule has 0 aliphatic carbocycles. The maximum atomic E-state index is 12.5. The van der Waals surface area contributed by atoms with E-state index in [0.717, 1.165) is 6.07 Å². The molecule has 0 fully saturated rings. The van der Waals surface area contributed by atoms with Crippen LogP contribution in [-0.2, 0) is 10.0 Å². The predicted molar refractivity (Wildman–Crippen MR) is 61.0 cm³/mol. The van der Waals surface area contributed by atoms with E-state index in [2.05, 4.69) is 20.9 Å². The summed E-state index contributed by atoms with van der Waals surface area (Å²) < 4.78 is 46.6. The van der Waals surface area contributed by atoms with Crippen molar-refractivity contribution >= 4 is 48.5 Å². The number of sulfonamides is 1. The summed E-state index contributed by atoms with van der Waals surface area (Å²) in [5.41, 5.74) is -0.344. The lowest BCUT2D eigenvalue weighted by Crippen LogP contribution is -2.15. The molecular weight excluding hydrogens is 409 g/mol. The van der Waals surface area contributed by atoms with Crippen LogP contribution in [0.3, 0.4) is 0 Å². The van der Waals surface area contributed by atoms with Crippen LogP contribution >= 0.6 is 38.5 Å². The van der Waals surface area contributed by atoms with Crippen LogP contribution in [0.15, 0.2) is 15.6 Å². The van der Waals surface area contributed by atoms with E-state index >= 15 is 0 Å². The maximum Gasteiger partial charge on any atom is 0.267 e. The zero-order chi connectivity index (χ0) is 11.8. The van der Waals surface area contributed by atoms with Gasteiger partial charge in [-0.2, -0.15) is 0 Å². The largest absolute Gasteiger partial charge is 0.267 e. The molecule has 0 aliphatic heterocycles. The number of aromatic nitrogens is 1. The lowest BCUT2D eigenvalue weighted by Gasteiger charge is -2.07. The van der Waals surface area contributed by atoms with E-state index in [0.29, 0.717) is 0 Å². The molecule has 15 heavy (non-hydrogen) atoms. The second kappa shape index (κ2) is 4.55. The summed E-state index contributed by atoms with van der Waals surface area (Å²) in [6.07, 6.45) is -2.73. The molecule has 0 saturated heterocycles. The van der Waals surface area contributed by atoms with Crippen molar-refractivity contribution in [2.24, 2.45) is 5.14 Å². The fourth-order valence-electron chi connectivity index (χ4n) is 0.814. The Morgan fingerprint density at radius 3 is 2.40 bits per heavy atom. The highest BCUT2D eigenvalue weighted by atomic mass is 127. The second-order valence-electron chi connectivity index (χ2n) is 2.49. The van der Waals surface area contributed by atoms with Crippen molar-refractivity contribution < 1.29 is 17.2 Å². The Balaban J connectivity index is 3.45. The molecule has 9 heteroatoms. The topological polar surface area (TPSA) is 73.1 Å². The molecular formula is C6H4BrF2IN2O2S. The Bertz CT molecular complexity index is 471. The molecule has 84 valence electrons. The number of rotatable bonds is 2. The molecule has 4 nitrogen and oxygen atoms in total. The van der Waals surface area contributed by atoms with Crippen molar-refractivity contribution in [3.8, 4) is 0 Å². The lowest BCUT2D eigenvalue weighted by atomic mass is 10.3. The zero-order valence-corrected chi connectivity index (χ0v) is 11.5. The Morgan fingerprint density at radius 1 is 1.53 bits per heavy atom. The summed E-state index contributed by atoms with van der Waals surface area (Å²) in [6.45, 7) is 0. The number of halogens is 4. The molecule has 0 amide bonds. The van der Waals surface area contributed by atoms with Crippen LogP contribution in [0.1, 0.15) is 12.0 Å². The molecule has 0 atom stereocenters. The number of nitrogens with two attached hydrogens (primary N) is 1. The van der Waals surface area contributed by atoms with Gasteiger partial charge in [0, 0.05) is 4.47 Å².